The lowest BCUT2D eigenvalue weighted by Crippen LogP contribution is -2.48. The maximum Gasteiger partial charge on any atom is 0.427 e. The summed E-state index contributed by atoms with van der Waals surface area (Å²) in [4.78, 5) is 62.8. The summed E-state index contributed by atoms with van der Waals surface area (Å²) in [6, 6.07) is 4.86. The molecule has 0 radical (unpaired) electrons. The number of esters is 1. The highest BCUT2D eigenvalue weighted by atomic mass is 32.2. The van der Waals surface area contributed by atoms with Crippen molar-refractivity contribution in [3.63, 3.8) is 0 Å². The van der Waals surface area contributed by atoms with Gasteiger partial charge in [0.1, 0.15) is 11.9 Å². The average Bonchev–Trinajstić information content (AvgIpc) is 4.06. The molecule has 3 fully saturated rings. The molecule has 2 aromatic rings. The molecule has 1 N–H and O–H groups in total. The summed E-state index contributed by atoms with van der Waals surface area (Å²) in [5, 5.41) is 0.551. The number of nitrogens with one attached hydrogen (secondary N) is 1. The van der Waals surface area contributed by atoms with Crippen LogP contribution in [-0.4, -0.2) is 84.1 Å². The quantitative estimate of drug-likeness (QED) is 0.220. The molecule has 12 nitrogen and oxygen atoms in total. The predicted octanol–water partition coefficient (Wildman–Crippen LogP) is 6.46. The number of halogens is 3. The van der Waals surface area contributed by atoms with E-state index in [1.54, 1.807) is 36.4 Å². The molecular formula is C41H52F3N3O9S. The van der Waals surface area contributed by atoms with Crippen LogP contribution in [0.4, 0.5) is 13.2 Å². The fourth-order valence-corrected chi connectivity index (χ4v) is 9.34. The van der Waals surface area contributed by atoms with Crippen LogP contribution in [0.2, 0.25) is 0 Å². The molecule has 1 aromatic carbocycles. The van der Waals surface area contributed by atoms with E-state index in [0.717, 1.165) is 11.1 Å². The molecule has 0 spiro atoms. The van der Waals surface area contributed by atoms with Crippen molar-refractivity contribution in [2.45, 2.75) is 121 Å². The minimum absolute atomic E-state index is 0.0710. The van der Waals surface area contributed by atoms with Gasteiger partial charge in [-0.2, -0.15) is 13.2 Å². The fourth-order valence-electron chi connectivity index (χ4n) is 8.01. The number of methoxy groups -OCH3 is 1. The van der Waals surface area contributed by atoms with Crippen molar-refractivity contribution in [2.24, 2.45) is 29.1 Å². The molecule has 1 aromatic heterocycles. The number of rotatable bonds is 9. The van der Waals surface area contributed by atoms with Crippen LogP contribution in [0.5, 0.6) is 11.6 Å². The van der Waals surface area contributed by atoms with Gasteiger partial charge in [0.05, 0.1) is 52.4 Å². The van der Waals surface area contributed by atoms with Crippen molar-refractivity contribution in [1.29, 1.82) is 0 Å². The summed E-state index contributed by atoms with van der Waals surface area (Å²) in [5.74, 6) is -8.02. The number of fused-ring (bicyclic) bond motifs is 3. The summed E-state index contributed by atoms with van der Waals surface area (Å²) < 4.78 is 156. The van der Waals surface area contributed by atoms with Gasteiger partial charge in [0.2, 0.25) is 33.3 Å². The van der Waals surface area contributed by atoms with Crippen molar-refractivity contribution < 1.29 is 67.3 Å². The molecule has 2 saturated carbocycles. The minimum atomic E-state index is -6.14. The Morgan fingerprint density at radius 3 is 2.49 bits per heavy atom. The molecule has 312 valence electrons. The molecule has 6 rings (SSSR count). The number of pyridine rings is 1. The highest BCUT2D eigenvalue weighted by Gasteiger charge is 2.63. The molecule has 2 aliphatic carbocycles. The first kappa shape index (κ1) is 31.7. The Morgan fingerprint density at radius 2 is 1.82 bits per heavy atom. The third-order valence-corrected chi connectivity index (χ3v) is 14.1. The van der Waals surface area contributed by atoms with Crippen molar-refractivity contribution in [1.82, 2.24) is 14.6 Å². The second-order valence-electron chi connectivity index (χ2n) is 16.3. The number of nitrogens with zero attached hydrogens (tertiary/aromatic N) is 2. The molecule has 16 heteroatoms. The number of aromatic nitrogens is 1. The van der Waals surface area contributed by atoms with Crippen LogP contribution in [0, 0.1) is 29.1 Å². The largest absolute Gasteiger partial charge is 0.494 e. The number of carbonyl (C=O) groups is 4. The Kier molecular flexibility index (Phi) is 8.64. The van der Waals surface area contributed by atoms with E-state index in [-0.39, 0.29) is 47.6 Å². The molecule has 2 amide bonds. The highest BCUT2D eigenvalue weighted by Crippen LogP contribution is 2.58. The van der Waals surface area contributed by atoms with Gasteiger partial charge in [0.15, 0.2) is 5.78 Å². The van der Waals surface area contributed by atoms with E-state index in [1.807, 2.05) is 6.92 Å². The zero-order chi connectivity index (χ0) is 49.2. The van der Waals surface area contributed by atoms with E-state index in [2.05, 4.69) is 14.4 Å². The second kappa shape index (κ2) is 15.5. The Hall–Kier alpha value is -4.21. The molecule has 57 heavy (non-hydrogen) atoms. The lowest BCUT2D eigenvalue weighted by Gasteiger charge is -2.33. The molecule has 1 saturated heterocycles. The first-order valence-electron chi connectivity index (χ1n) is 23.3. The second-order valence-corrected chi connectivity index (χ2v) is 18.5. The Labute approximate surface area is 343 Å². The molecule has 7 atom stereocenters. The number of hydrogen-bond donors (Lipinski definition) is 1. The van der Waals surface area contributed by atoms with Crippen LogP contribution in [0.1, 0.15) is 105 Å². The first-order valence-corrected chi connectivity index (χ1v) is 20.3. The monoisotopic (exact) mass is 828 g/mol. The third-order valence-electron chi connectivity index (χ3n) is 12.0. The molecule has 4 aliphatic rings. The van der Waals surface area contributed by atoms with E-state index < -0.39 is 126 Å². The van der Waals surface area contributed by atoms with Gasteiger partial charge < -0.3 is 19.1 Å². The van der Waals surface area contributed by atoms with Crippen LogP contribution >= 0.6 is 0 Å². The summed E-state index contributed by atoms with van der Waals surface area (Å²) >= 11 is 0. The Bertz CT molecular complexity index is 2340. The molecule has 3 heterocycles. The summed E-state index contributed by atoms with van der Waals surface area (Å²) in [7, 11) is -7.00. The van der Waals surface area contributed by atoms with Crippen LogP contribution in [0.15, 0.2) is 42.6 Å². The summed E-state index contributed by atoms with van der Waals surface area (Å²) in [5.41, 5.74) is -6.52. The third kappa shape index (κ3) is 8.66. The molecule has 2 aliphatic heterocycles. The van der Waals surface area contributed by atoms with Gasteiger partial charge in [-0.05, 0) is 83.0 Å². The lowest BCUT2D eigenvalue weighted by molar-refractivity contribution is -0.257. The van der Waals surface area contributed by atoms with Crippen molar-refractivity contribution >= 4 is 44.4 Å². The van der Waals surface area contributed by atoms with E-state index in [9.17, 15) is 36.0 Å². The number of Topliss-reactive ketones (excluding diaryl/α,β-unsaturated/α-hetero) is 1. The summed E-state index contributed by atoms with van der Waals surface area (Å²) in [6.07, 6.45) is -2.86. The number of allylic oxidation sites excluding steroid dienone is 2. The number of hydrogen-bond acceptors (Lipinski definition) is 10. The van der Waals surface area contributed by atoms with E-state index >= 15 is 4.79 Å². The summed E-state index contributed by atoms with van der Waals surface area (Å²) in [6.45, 7) is -4.48. The van der Waals surface area contributed by atoms with E-state index in [4.69, 9.17) is 21.8 Å². The standard InChI is InChI=1S/C41H52F3N3O9S/c1-24-11-7-8-12-26-20-40(26,37(51)46-57(52,53)39(5)15-16-39)21-32(48)31-18-27(55-35-29-14-10-9-13-28(29)33(54-6)22-45-35)23-47(31)36(50)30(25(2)17-24)19-34(49)56-38(3,4)41(42,43)44/h8-10,12-14,22,24-27,30-31H,7,11,15-21,23H2,1-6H3,(H,46,51)/b12-8-/t24-,25-,26-,27-,30+,31+,40-/m1/s1/i3D3,4D3,6D3. The van der Waals surface area contributed by atoms with Crippen LogP contribution in [0.3, 0.4) is 0 Å². The van der Waals surface area contributed by atoms with Crippen molar-refractivity contribution in [3.8, 4) is 11.6 Å². The number of sulfonamides is 1. The van der Waals surface area contributed by atoms with Gasteiger partial charge in [0.25, 0.3) is 0 Å². The van der Waals surface area contributed by atoms with Gasteiger partial charge in [-0.3, -0.25) is 23.9 Å². The zero-order valence-electron chi connectivity index (χ0n) is 40.7. The molecular weight excluding hydrogens is 768 g/mol. The predicted molar refractivity (Wildman–Crippen MR) is 203 cm³/mol. The highest BCUT2D eigenvalue weighted by molar-refractivity contribution is 7.91. The van der Waals surface area contributed by atoms with Crippen LogP contribution in [-0.2, 0) is 33.9 Å². The molecule has 0 bridgehead atoms. The van der Waals surface area contributed by atoms with Gasteiger partial charge in [0, 0.05) is 31.8 Å². The van der Waals surface area contributed by atoms with Gasteiger partial charge in [-0.25, -0.2) is 13.4 Å². The van der Waals surface area contributed by atoms with Gasteiger partial charge >= 0.3 is 12.1 Å². The fraction of sp³-hybridized carbons (Fsp3) is 0.634. The number of carbonyl (C=O) groups excluding carboxylic acids is 4. The number of ketones is 1. The zero-order valence-corrected chi connectivity index (χ0v) is 32.5. The van der Waals surface area contributed by atoms with E-state index in [0.29, 0.717) is 25.7 Å². The molecule has 0 unspecified atom stereocenters. The van der Waals surface area contributed by atoms with E-state index in [1.165, 1.54) is 13.8 Å². The number of benzene rings is 1. The smallest absolute Gasteiger partial charge is 0.427 e. The Morgan fingerprint density at radius 1 is 1.11 bits per heavy atom. The number of alkyl halides is 3. The normalized spacial score (nSPS) is 32.9. The van der Waals surface area contributed by atoms with Crippen molar-refractivity contribution in [2.75, 3.05) is 13.6 Å². The van der Waals surface area contributed by atoms with Gasteiger partial charge in [-0.15, -0.1) is 0 Å². The number of amides is 2. The topological polar surface area (TPSA) is 158 Å². The maximum atomic E-state index is 15.0. The van der Waals surface area contributed by atoms with Gasteiger partial charge in [-0.1, -0.05) is 44.2 Å². The number of ether oxygens (including phenoxy) is 3. The SMILES string of the molecule is [2H]C([2H])([2H])Oc1cnc(O[C@@H]2C[C@H]3C(=O)C[C@]4(C(=O)NS(=O)(=O)C5(C)CC5)C[C@H]4/C=C\CC[C@@H](C)C[C@@H](C)[C@H](CC(=O)OC(C([2H])([2H])[2H])(C([2H])([2H])[2H])C(F)(F)F)C(=O)N3C2)c2ccccc12. The Balaban J connectivity index is 1.40. The lowest BCUT2D eigenvalue weighted by atomic mass is 9.82. The average molecular weight is 829 g/mol. The van der Waals surface area contributed by atoms with Crippen LogP contribution in [0.25, 0.3) is 10.8 Å². The minimum Gasteiger partial charge on any atom is -0.494 e. The van der Waals surface area contributed by atoms with Crippen LogP contribution < -0.4 is 14.2 Å². The maximum absolute atomic E-state index is 15.0. The van der Waals surface area contributed by atoms with Crippen molar-refractivity contribution in [3.05, 3.63) is 42.6 Å². The first-order chi connectivity index (χ1) is 30.3.